The fraction of sp³-hybridized carbons (Fsp3) is 0.267. The third-order valence-corrected chi connectivity index (χ3v) is 3.21. The molecular weight excluding hydrogens is 250 g/mol. The van der Waals surface area contributed by atoms with Crippen LogP contribution in [0.3, 0.4) is 0 Å². The van der Waals surface area contributed by atoms with Crippen LogP contribution in [-0.2, 0) is 19.4 Å². The van der Waals surface area contributed by atoms with E-state index in [2.05, 4.69) is 32.4 Å². The first kappa shape index (κ1) is 12.6. The molecule has 0 amide bonds. The fourth-order valence-corrected chi connectivity index (χ4v) is 2.18. The number of aromatic nitrogens is 5. The van der Waals surface area contributed by atoms with Gasteiger partial charge in [0.05, 0.1) is 18.6 Å². The summed E-state index contributed by atoms with van der Waals surface area (Å²) < 4.78 is 1.89. The molecule has 0 aliphatic rings. The number of aromatic amines is 1. The van der Waals surface area contributed by atoms with Gasteiger partial charge in [-0.25, -0.2) is 9.67 Å². The minimum absolute atomic E-state index is 0.772. The molecule has 0 saturated carbocycles. The van der Waals surface area contributed by atoms with Gasteiger partial charge in [0.2, 0.25) is 0 Å². The van der Waals surface area contributed by atoms with Crippen LogP contribution in [0.5, 0.6) is 0 Å². The van der Waals surface area contributed by atoms with Crippen molar-refractivity contribution < 1.29 is 0 Å². The molecule has 0 bridgehead atoms. The minimum Gasteiger partial charge on any atom is -0.348 e. The van der Waals surface area contributed by atoms with E-state index < -0.39 is 0 Å². The lowest BCUT2D eigenvalue weighted by Crippen LogP contribution is -1.99. The van der Waals surface area contributed by atoms with Crippen molar-refractivity contribution in [2.45, 2.75) is 25.8 Å². The van der Waals surface area contributed by atoms with Gasteiger partial charge in [-0.3, -0.25) is 0 Å². The Bertz CT molecular complexity index is 627. The zero-order valence-corrected chi connectivity index (χ0v) is 11.2. The summed E-state index contributed by atoms with van der Waals surface area (Å²) >= 11 is 0. The normalized spacial score (nSPS) is 10.8. The standard InChI is InChI=1S/C15H17N5/c1-2-5-13(6-3-1)10-20-11-15(18-19-20)8-4-7-14-9-16-12-17-14/h1-3,5-6,9,11-12H,4,7-8,10H2,(H,16,17). The molecular formula is C15H17N5. The number of benzene rings is 1. The van der Waals surface area contributed by atoms with Crippen molar-refractivity contribution >= 4 is 0 Å². The molecule has 0 aliphatic carbocycles. The highest BCUT2D eigenvalue weighted by molar-refractivity contribution is 5.14. The molecule has 3 aromatic rings. The smallest absolute Gasteiger partial charge is 0.0921 e. The van der Waals surface area contributed by atoms with Gasteiger partial charge in [0.15, 0.2) is 0 Å². The van der Waals surface area contributed by atoms with Crippen molar-refractivity contribution in [3.8, 4) is 0 Å². The van der Waals surface area contributed by atoms with Gasteiger partial charge in [0, 0.05) is 18.1 Å². The van der Waals surface area contributed by atoms with E-state index in [-0.39, 0.29) is 0 Å². The Labute approximate surface area is 117 Å². The summed E-state index contributed by atoms with van der Waals surface area (Å²) in [6.07, 6.45) is 8.59. The molecule has 0 atom stereocenters. The van der Waals surface area contributed by atoms with Crippen LogP contribution in [0.2, 0.25) is 0 Å². The second-order valence-corrected chi connectivity index (χ2v) is 4.82. The van der Waals surface area contributed by atoms with Crippen LogP contribution < -0.4 is 0 Å². The van der Waals surface area contributed by atoms with Crippen molar-refractivity contribution in [1.29, 1.82) is 0 Å². The lowest BCUT2D eigenvalue weighted by Gasteiger charge is -1.99. The van der Waals surface area contributed by atoms with Gasteiger partial charge < -0.3 is 4.98 Å². The molecule has 0 aliphatic heterocycles. The SMILES string of the molecule is c1ccc(Cn2cc(CCCc3cnc[nH]3)nn2)cc1. The Hall–Kier alpha value is -2.43. The van der Waals surface area contributed by atoms with Crippen molar-refractivity contribution in [2.75, 3.05) is 0 Å². The lowest BCUT2D eigenvalue weighted by molar-refractivity contribution is 0.649. The topological polar surface area (TPSA) is 59.4 Å². The van der Waals surface area contributed by atoms with Crippen LogP contribution in [0.1, 0.15) is 23.4 Å². The summed E-state index contributed by atoms with van der Waals surface area (Å²) in [5, 5.41) is 8.39. The highest BCUT2D eigenvalue weighted by Crippen LogP contribution is 2.05. The summed E-state index contributed by atoms with van der Waals surface area (Å²) in [5.41, 5.74) is 3.45. The molecule has 2 aromatic heterocycles. The van der Waals surface area contributed by atoms with E-state index in [0.29, 0.717) is 0 Å². The maximum atomic E-state index is 4.22. The largest absolute Gasteiger partial charge is 0.348 e. The van der Waals surface area contributed by atoms with Gasteiger partial charge in [-0.1, -0.05) is 35.5 Å². The predicted octanol–water partition coefficient (Wildman–Crippen LogP) is 2.22. The molecule has 1 N–H and O–H groups in total. The van der Waals surface area contributed by atoms with Gasteiger partial charge in [0.1, 0.15) is 0 Å². The van der Waals surface area contributed by atoms with E-state index in [9.17, 15) is 0 Å². The van der Waals surface area contributed by atoms with Crippen molar-refractivity contribution in [1.82, 2.24) is 25.0 Å². The fourth-order valence-electron chi connectivity index (χ4n) is 2.18. The third kappa shape index (κ3) is 3.32. The van der Waals surface area contributed by atoms with Crippen LogP contribution in [0, 0.1) is 0 Å². The van der Waals surface area contributed by atoms with Crippen LogP contribution in [0.4, 0.5) is 0 Å². The number of hydrogen-bond acceptors (Lipinski definition) is 3. The lowest BCUT2D eigenvalue weighted by atomic mass is 10.2. The number of rotatable bonds is 6. The first-order chi connectivity index (χ1) is 9.90. The van der Waals surface area contributed by atoms with Gasteiger partial charge >= 0.3 is 0 Å². The zero-order valence-electron chi connectivity index (χ0n) is 11.2. The van der Waals surface area contributed by atoms with Crippen molar-refractivity contribution in [3.63, 3.8) is 0 Å². The first-order valence-corrected chi connectivity index (χ1v) is 6.80. The molecule has 2 heterocycles. The van der Waals surface area contributed by atoms with Crippen LogP contribution in [0.15, 0.2) is 49.1 Å². The maximum absolute atomic E-state index is 4.22. The highest BCUT2D eigenvalue weighted by Gasteiger charge is 2.02. The van der Waals surface area contributed by atoms with Gasteiger partial charge in [0.25, 0.3) is 0 Å². The van der Waals surface area contributed by atoms with E-state index >= 15 is 0 Å². The number of imidazole rings is 1. The predicted molar refractivity (Wildman–Crippen MR) is 76.2 cm³/mol. The van der Waals surface area contributed by atoms with Crippen LogP contribution in [0.25, 0.3) is 0 Å². The average molecular weight is 267 g/mol. The molecule has 0 fully saturated rings. The molecule has 0 saturated heterocycles. The Morgan fingerprint density at radius 1 is 1.10 bits per heavy atom. The molecule has 102 valence electrons. The summed E-state index contributed by atoms with van der Waals surface area (Å²) in [6, 6.07) is 10.3. The molecule has 1 aromatic carbocycles. The number of hydrogen-bond donors (Lipinski definition) is 1. The molecule has 5 nitrogen and oxygen atoms in total. The maximum Gasteiger partial charge on any atom is 0.0921 e. The first-order valence-electron chi connectivity index (χ1n) is 6.80. The highest BCUT2D eigenvalue weighted by atomic mass is 15.4. The van der Waals surface area contributed by atoms with E-state index in [4.69, 9.17) is 0 Å². The number of H-pyrrole nitrogens is 1. The Morgan fingerprint density at radius 2 is 2.00 bits per heavy atom. The number of nitrogens with zero attached hydrogens (tertiary/aromatic N) is 4. The summed E-state index contributed by atoms with van der Waals surface area (Å²) in [6.45, 7) is 0.772. The Kier molecular flexibility index (Phi) is 3.87. The molecule has 3 rings (SSSR count). The Morgan fingerprint density at radius 3 is 2.80 bits per heavy atom. The third-order valence-electron chi connectivity index (χ3n) is 3.21. The second kappa shape index (κ2) is 6.14. The molecule has 5 heteroatoms. The summed E-state index contributed by atoms with van der Waals surface area (Å²) in [7, 11) is 0. The van der Waals surface area contributed by atoms with Gasteiger partial charge in [-0.05, 0) is 24.8 Å². The summed E-state index contributed by atoms with van der Waals surface area (Å²) in [5.74, 6) is 0. The van der Waals surface area contributed by atoms with Crippen molar-refractivity contribution in [3.05, 3.63) is 66.0 Å². The minimum atomic E-state index is 0.772. The van der Waals surface area contributed by atoms with Crippen LogP contribution >= 0.6 is 0 Å². The summed E-state index contributed by atoms with van der Waals surface area (Å²) in [4.78, 5) is 7.12. The Balaban J connectivity index is 1.52. The van der Waals surface area contributed by atoms with Crippen molar-refractivity contribution in [2.24, 2.45) is 0 Å². The van der Waals surface area contributed by atoms with E-state index in [1.807, 2.05) is 35.3 Å². The molecule has 0 unspecified atom stereocenters. The molecule has 0 spiro atoms. The molecule has 0 radical (unpaired) electrons. The zero-order chi connectivity index (χ0) is 13.6. The van der Waals surface area contributed by atoms with E-state index in [0.717, 1.165) is 31.5 Å². The number of nitrogens with one attached hydrogen (secondary N) is 1. The number of aryl methyl sites for hydroxylation is 2. The van der Waals surface area contributed by atoms with Gasteiger partial charge in [-0.2, -0.15) is 0 Å². The average Bonchev–Trinajstić information content (AvgIpc) is 3.12. The van der Waals surface area contributed by atoms with E-state index in [1.165, 1.54) is 11.3 Å². The monoisotopic (exact) mass is 267 g/mol. The van der Waals surface area contributed by atoms with Gasteiger partial charge in [-0.15, -0.1) is 5.10 Å². The second-order valence-electron chi connectivity index (χ2n) is 4.82. The quantitative estimate of drug-likeness (QED) is 0.745. The van der Waals surface area contributed by atoms with E-state index in [1.54, 1.807) is 6.33 Å². The van der Waals surface area contributed by atoms with Crippen LogP contribution in [-0.4, -0.2) is 25.0 Å². The molecule has 20 heavy (non-hydrogen) atoms.